The third kappa shape index (κ3) is 2.02. The van der Waals surface area contributed by atoms with Gasteiger partial charge in [0.1, 0.15) is 12.1 Å². The first-order valence-electron chi connectivity index (χ1n) is 5.94. The fraction of sp³-hybridized carbons (Fsp3) is 0.786. The first kappa shape index (κ1) is 13.3. The lowest BCUT2D eigenvalue weighted by molar-refractivity contribution is 0.0540. The zero-order chi connectivity index (χ0) is 12.6. The molecule has 0 aliphatic carbocycles. The Morgan fingerprint density at radius 3 is 2.12 bits per heavy atom. The van der Waals surface area contributed by atoms with E-state index in [0.29, 0.717) is 6.61 Å². The predicted molar refractivity (Wildman–Crippen MR) is 69.8 cm³/mol. The Morgan fingerprint density at radius 2 is 1.81 bits per heavy atom. The molecule has 1 atom stereocenters. The van der Waals surface area contributed by atoms with Gasteiger partial charge in [0.15, 0.2) is 6.40 Å². The summed E-state index contributed by atoms with van der Waals surface area (Å²) in [4.78, 5) is 4.67. The van der Waals surface area contributed by atoms with Crippen LogP contribution in [0.2, 0.25) is 0 Å². The highest BCUT2D eigenvalue weighted by molar-refractivity contribution is 5.52. The van der Waals surface area contributed by atoms with Crippen molar-refractivity contribution in [1.82, 2.24) is 0 Å². The zero-order valence-electron chi connectivity index (χ0n) is 11.7. The summed E-state index contributed by atoms with van der Waals surface area (Å²) in [5.41, 5.74) is 1.24. The van der Waals surface area contributed by atoms with Gasteiger partial charge in [0, 0.05) is 5.41 Å². The molecule has 16 heavy (non-hydrogen) atoms. The van der Waals surface area contributed by atoms with E-state index < -0.39 is 0 Å². The molecule has 2 heteroatoms. The van der Waals surface area contributed by atoms with Crippen molar-refractivity contribution in [3.05, 3.63) is 11.6 Å². The molecule has 2 nitrogen and oxygen atoms in total. The third-order valence-electron chi connectivity index (χ3n) is 3.60. The molecule has 0 amide bonds. The van der Waals surface area contributed by atoms with E-state index in [9.17, 15) is 0 Å². The molecule has 1 heterocycles. The SMILES string of the molecule is CC(C)=CC(C)(C)C1(C(C)(C)C)COC=N1. The van der Waals surface area contributed by atoms with E-state index in [1.54, 1.807) is 6.40 Å². The Bertz CT molecular complexity index is 316. The summed E-state index contributed by atoms with van der Waals surface area (Å²) in [6.07, 6.45) is 3.93. The standard InChI is InChI=1S/C14H25NO/c1-11(2)8-13(6,7)14(12(3,4)5)9-16-10-15-14/h8,10H,9H2,1-7H3. The third-order valence-corrected chi connectivity index (χ3v) is 3.60. The van der Waals surface area contributed by atoms with E-state index in [-0.39, 0.29) is 16.4 Å². The molecule has 0 fully saturated rings. The summed E-state index contributed by atoms with van der Waals surface area (Å²) < 4.78 is 5.43. The summed E-state index contributed by atoms with van der Waals surface area (Å²) in [6.45, 7) is 16.1. The van der Waals surface area contributed by atoms with E-state index >= 15 is 0 Å². The van der Waals surface area contributed by atoms with E-state index in [0.717, 1.165) is 0 Å². The molecule has 1 unspecified atom stereocenters. The van der Waals surface area contributed by atoms with Gasteiger partial charge in [-0.15, -0.1) is 0 Å². The van der Waals surface area contributed by atoms with Crippen LogP contribution in [0, 0.1) is 10.8 Å². The maximum Gasteiger partial charge on any atom is 0.170 e. The quantitative estimate of drug-likeness (QED) is 0.652. The number of ether oxygens (including phenoxy) is 1. The maximum atomic E-state index is 5.43. The van der Waals surface area contributed by atoms with Crippen molar-refractivity contribution in [2.24, 2.45) is 15.8 Å². The number of rotatable bonds is 2. The Kier molecular flexibility index (Phi) is 3.24. The molecule has 1 aliphatic rings. The number of hydrogen-bond acceptors (Lipinski definition) is 2. The normalized spacial score (nSPS) is 25.4. The Balaban J connectivity index is 3.23. The van der Waals surface area contributed by atoms with Crippen molar-refractivity contribution in [2.45, 2.75) is 54.0 Å². The van der Waals surface area contributed by atoms with Crippen LogP contribution >= 0.6 is 0 Å². The molecule has 0 radical (unpaired) electrons. The lowest BCUT2D eigenvalue weighted by Crippen LogP contribution is -2.53. The highest BCUT2D eigenvalue weighted by atomic mass is 16.5. The van der Waals surface area contributed by atoms with Gasteiger partial charge in [0.2, 0.25) is 0 Å². The van der Waals surface area contributed by atoms with E-state index in [1.165, 1.54) is 5.57 Å². The van der Waals surface area contributed by atoms with Crippen molar-refractivity contribution in [2.75, 3.05) is 6.61 Å². The lowest BCUT2D eigenvalue weighted by Gasteiger charge is -2.48. The van der Waals surface area contributed by atoms with Gasteiger partial charge in [0.05, 0.1) is 0 Å². The summed E-state index contributed by atoms with van der Waals surface area (Å²) in [7, 11) is 0. The lowest BCUT2D eigenvalue weighted by atomic mass is 9.59. The summed E-state index contributed by atoms with van der Waals surface area (Å²) in [5, 5.41) is 0. The predicted octanol–water partition coefficient (Wildman–Crippen LogP) is 3.82. The molecular weight excluding hydrogens is 198 g/mol. The van der Waals surface area contributed by atoms with Crippen LogP contribution in [0.4, 0.5) is 0 Å². The molecule has 0 bridgehead atoms. The first-order valence-corrected chi connectivity index (χ1v) is 5.94. The number of aliphatic imine (C=N–C) groups is 1. The average molecular weight is 223 g/mol. The van der Waals surface area contributed by atoms with Crippen molar-refractivity contribution >= 4 is 6.40 Å². The minimum absolute atomic E-state index is 0.00289. The monoisotopic (exact) mass is 223 g/mol. The van der Waals surface area contributed by atoms with Crippen LogP contribution in [0.3, 0.4) is 0 Å². The average Bonchev–Trinajstić information content (AvgIpc) is 2.47. The van der Waals surface area contributed by atoms with Crippen LogP contribution in [0.1, 0.15) is 48.5 Å². The van der Waals surface area contributed by atoms with Crippen LogP contribution in [-0.4, -0.2) is 18.5 Å². The van der Waals surface area contributed by atoms with Crippen LogP contribution in [0.25, 0.3) is 0 Å². The fourth-order valence-electron chi connectivity index (χ4n) is 2.89. The van der Waals surface area contributed by atoms with Gasteiger partial charge in [-0.25, -0.2) is 4.99 Å². The van der Waals surface area contributed by atoms with Crippen LogP contribution < -0.4 is 0 Å². The maximum absolute atomic E-state index is 5.43. The molecule has 0 N–H and O–H groups in total. The Hall–Kier alpha value is -0.790. The molecule has 92 valence electrons. The van der Waals surface area contributed by atoms with Crippen LogP contribution in [0.15, 0.2) is 16.6 Å². The van der Waals surface area contributed by atoms with E-state index in [2.05, 4.69) is 59.5 Å². The molecule has 0 aromatic rings. The molecule has 1 aliphatic heterocycles. The zero-order valence-corrected chi connectivity index (χ0v) is 11.7. The molecule has 0 saturated carbocycles. The van der Waals surface area contributed by atoms with Gasteiger partial charge < -0.3 is 4.74 Å². The van der Waals surface area contributed by atoms with Gasteiger partial charge >= 0.3 is 0 Å². The first-order chi connectivity index (χ1) is 7.12. The molecule has 0 saturated heterocycles. The second kappa shape index (κ2) is 3.90. The largest absolute Gasteiger partial charge is 0.481 e. The van der Waals surface area contributed by atoms with E-state index in [1.807, 2.05) is 0 Å². The fourth-order valence-corrected chi connectivity index (χ4v) is 2.89. The highest BCUT2D eigenvalue weighted by Gasteiger charge is 2.54. The molecular formula is C14H25NO. The minimum Gasteiger partial charge on any atom is -0.481 e. The second-order valence-corrected chi connectivity index (χ2v) is 6.60. The summed E-state index contributed by atoms with van der Waals surface area (Å²) in [5.74, 6) is 0. The highest BCUT2D eigenvalue weighted by Crippen LogP contribution is 2.49. The van der Waals surface area contributed by atoms with Crippen molar-refractivity contribution in [3.63, 3.8) is 0 Å². The van der Waals surface area contributed by atoms with Gasteiger partial charge in [0.25, 0.3) is 0 Å². The molecule has 1 rings (SSSR count). The van der Waals surface area contributed by atoms with Gasteiger partial charge in [-0.1, -0.05) is 46.3 Å². The topological polar surface area (TPSA) is 21.6 Å². The van der Waals surface area contributed by atoms with Crippen molar-refractivity contribution < 1.29 is 4.74 Å². The smallest absolute Gasteiger partial charge is 0.170 e. The number of hydrogen-bond donors (Lipinski definition) is 0. The van der Waals surface area contributed by atoms with E-state index in [4.69, 9.17) is 4.74 Å². The Labute approximate surface area is 99.8 Å². The van der Waals surface area contributed by atoms with Crippen molar-refractivity contribution in [1.29, 1.82) is 0 Å². The summed E-state index contributed by atoms with van der Waals surface area (Å²) in [6, 6.07) is 0. The minimum atomic E-state index is -0.169. The summed E-state index contributed by atoms with van der Waals surface area (Å²) >= 11 is 0. The molecule has 0 spiro atoms. The Morgan fingerprint density at radius 1 is 1.25 bits per heavy atom. The van der Waals surface area contributed by atoms with Gasteiger partial charge in [-0.2, -0.15) is 0 Å². The molecule has 0 aromatic heterocycles. The van der Waals surface area contributed by atoms with Crippen LogP contribution in [0.5, 0.6) is 0 Å². The van der Waals surface area contributed by atoms with Gasteiger partial charge in [-0.05, 0) is 19.3 Å². The van der Waals surface area contributed by atoms with Crippen LogP contribution in [-0.2, 0) is 4.74 Å². The van der Waals surface area contributed by atoms with Crippen molar-refractivity contribution in [3.8, 4) is 0 Å². The van der Waals surface area contributed by atoms with Gasteiger partial charge in [-0.3, -0.25) is 0 Å². The molecule has 0 aromatic carbocycles. The number of nitrogens with zero attached hydrogens (tertiary/aromatic N) is 1. The second-order valence-electron chi connectivity index (χ2n) is 6.60. The number of allylic oxidation sites excluding steroid dienone is 1.